The van der Waals surface area contributed by atoms with Crippen molar-refractivity contribution in [1.29, 1.82) is 21.0 Å². The molecule has 0 N–H and O–H groups in total. The monoisotopic (exact) mass is 421 g/mol. The first kappa shape index (κ1) is 22.0. The van der Waals surface area contributed by atoms with Crippen LogP contribution in [0.2, 0.25) is 18.1 Å². The minimum atomic E-state index is -2.11. The average Bonchev–Trinajstić information content (AvgIpc) is 2.99. The van der Waals surface area contributed by atoms with Crippen LogP contribution in [0, 0.1) is 74.9 Å². The molecule has 0 radical (unpaired) electrons. The SMILES string of the molecule is C[C@@H](O[Si](C)(C)C(C)(C)C)[C@H]1C(=O)N2C[C@@H]3C(=C(C#N)C(C#N)C(C#N)C3C#N)[C@H]12. The Morgan fingerprint density at radius 2 is 1.70 bits per heavy atom. The smallest absolute Gasteiger partial charge is 0.231 e. The topological polar surface area (TPSA) is 125 Å². The molecule has 3 rings (SSSR count). The van der Waals surface area contributed by atoms with E-state index in [1.807, 2.05) is 6.92 Å². The van der Waals surface area contributed by atoms with Gasteiger partial charge in [-0.25, -0.2) is 0 Å². The minimum absolute atomic E-state index is 0.00824. The molecule has 30 heavy (non-hydrogen) atoms. The van der Waals surface area contributed by atoms with Crippen molar-refractivity contribution in [3.63, 3.8) is 0 Å². The van der Waals surface area contributed by atoms with E-state index in [1.54, 1.807) is 4.90 Å². The second-order valence-corrected chi connectivity index (χ2v) is 14.8. The van der Waals surface area contributed by atoms with Crippen molar-refractivity contribution in [2.75, 3.05) is 6.54 Å². The fourth-order valence-electron chi connectivity index (χ4n) is 4.93. The van der Waals surface area contributed by atoms with Crippen molar-refractivity contribution in [2.45, 2.75) is 58.0 Å². The van der Waals surface area contributed by atoms with Crippen LogP contribution in [0.3, 0.4) is 0 Å². The third-order valence-corrected chi connectivity index (χ3v) is 12.1. The Balaban J connectivity index is 2.02. The number of rotatable bonds is 3. The molecule has 3 aliphatic rings. The number of carbonyl (C=O) groups excluding carboxylic acids is 1. The molecule has 0 aromatic heterocycles. The van der Waals surface area contributed by atoms with Gasteiger partial charge in [0.2, 0.25) is 5.91 Å². The van der Waals surface area contributed by atoms with E-state index >= 15 is 0 Å². The number of fused-ring (bicyclic) bond motifs is 3. The summed E-state index contributed by atoms with van der Waals surface area (Å²) in [7, 11) is -2.11. The molecule has 1 aliphatic carbocycles. The molecule has 7 nitrogen and oxygen atoms in total. The van der Waals surface area contributed by atoms with E-state index in [4.69, 9.17) is 4.43 Å². The highest BCUT2D eigenvalue weighted by molar-refractivity contribution is 6.74. The first-order valence-corrected chi connectivity index (χ1v) is 13.2. The van der Waals surface area contributed by atoms with Crippen molar-refractivity contribution in [3.05, 3.63) is 11.1 Å². The normalized spacial score (nSPS) is 33.9. The lowest BCUT2D eigenvalue weighted by Crippen LogP contribution is -2.63. The summed E-state index contributed by atoms with van der Waals surface area (Å²) in [5.41, 5.74) is 0.974. The fourth-order valence-corrected chi connectivity index (χ4v) is 6.36. The third-order valence-electron chi connectivity index (χ3n) is 7.51. The van der Waals surface area contributed by atoms with Gasteiger partial charge in [0.15, 0.2) is 8.32 Å². The highest BCUT2D eigenvalue weighted by atomic mass is 28.4. The summed E-state index contributed by atoms with van der Waals surface area (Å²) in [6.45, 7) is 12.9. The molecule has 2 aliphatic heterocycles. The molecule has 0 saturated carbocycles. The van der Waals surface area contributed by atoms with Gasteiger partial charge in [-0.3, -0.25) is 4.79 Å². The van der Waals surface area contributed by atoms with Gasteiger partial charge in [0.1, 0.15) is 0 Å². The van der Waals surface area contributed by atoms with E-state index in [9.17, 15) is 25.8 Å². The molecular weight excluding hydrogens is 394 g/mol. The zero-order chi connectivity index (χ0) is 22.6. The van der Waals surface area contributed by atoms with Gasteiger partial charge in [0, 0.05) is 18.0 Å². The van der Waals surface area contributed by atoms with Crippen molar-refractivity contribution in [1.82, 2.24) is 4.90 Å². The number of nitrogens with zero attached hydrogens (tertiary/aromatic N) is 5. The zero-order valence-corrected chi connectivity index (χ0v) is 19.3. The predicted molar refractivity (Wildman–Crippen MR) is 110 cm³/mol. The summed E-state index contributed by atoms with van der Waals surface area (Å²) in [4.78, 5) is 14.7. The van der Waals surface area contributed by atoms with Gasteiger partial charge in [0.25, 0.3) is 0 Å². The van der Waals surface area contributed by atoms with Gasteiger partial charge in [-0.1, -0.05) is 20.8 Å². The lowest BCUT2D eigenvalue weighted by atomic mass is 9.63. The minimum Gasteiger partial charge on any atom is -0.413 e. The van der Waals surface area contributed by atoms with Crippen LogP contribution >= 0.6 is 0 Å². The Morgan fingerprint density at radius 3 is 2.17 bits per heavy atom. The summed E-state index contributed by atoms with van der Waals surface area (Å²) < 4.78 is 6.49. The van der Waals surface area contributed by atoms with Crippen molar-refractivity contribution in [3.8, 4) is 24.3 Å². The number of hydrogen-bond donors (Lipinski definition) is 0. The zero-order valence-electron chi connectivity index (χ0n) is 18.3. The van der Waals surface area contributed by atoms with Crippen LogP contribution in [0.15, 0.2) is 11.1 Å². The number of allylic oxidation sites excluding steroid dienone is 1. The standard InChI is InChI=1S/C22H27N5O2Si/c1-12(29-30(5,6)22(2,3)4)18-20-19-16(10-26)14(8-24)13(7-23)15(9-25)17(19)11-27(20)21(18)28/h12-15,17-18,20H,11H2,1-6H3/t12-,13?,14?,15?,17+,18-,20+/m1/s1. The van der Waals surface area contributed by atoms with E-state index < -0.39 is 32.0 Å². The molecule has 156 valence electrons. The molecule has 3 unspecified atom stereocenters. The Kier molecular flexibility index (Phi) is 5.32. The average molecular weight is 422 g/mol. The Labute approximate surface area is 179 Å². The lowest BCUT2D eigenvalue weighted by Gasteiger charge is -2.49. The van der Waals surface area contributed by atoms with Gasteiger partial charge in [0.05, 0.1) is 60.1 Å². The number of hydrogen-bond acceptors (Lipinski definition) is 6. The molecule has 2 fully saturated rings. The maximum atomic E-state index is 13.0. The molecule has 7 atom stereocenters. The third kappa shape index (κ3) is 2.95. The molecular formula is C22H27N5O2Si. The molecule has 0 aromatic rings. The summed E-state index contributed by atoms with van der Waals surface area (Å²) >= 11 is 0. The largest absolute Gasteiger partial charge is 0.413 e. The van der Waals surface area contributed by atoms with Crippen LogP contribution in [0.5, 0.6) is 0 Å². The Bertz CT molecular complexity index is 968. The quantitative estimate of drug-likeness (QED) is 0.509. The van der Waals surface area contributed by atoms with E-state index in [-0.39, 0.29) is 34.6 Å². The molecule has 2 saturated heterocycles. The molecule has 0 spiro atoms. The summed E-state index contributed by atoms with van der Waals surface area (Å²) in [5.74, 6) is -3.36. The van der Waals surface area contributed by atoms with Crippen molar-refractivity contribution < 1.29 is 9.22 Å². The number of β-lactam (4-membered cyclic amide) rings is 1. The van der Waals surface area contributed by atoms with Crippen LogP contribution in [-0.2, 0) is 9.22 Å². The maximum absolute atomic E-state index is 13.0. The Morgan fingerprint density at radius 1 is 1.10 bits per heavy atom. The second kappa shape index (κ2) is 7.24. The lowest BCUT2D eigenvalue weighted by molar-refractivity contribution is -0.157. The van der Waals surface area contributed by atoms with Gasteiger partial charge < -0.3 is 9.33 Å². The van der Waals surface area contributed by atoms with E-state index in [2.05, 4.69) is 58.1 Å². The van der Waals surface area contributed by atoms with Gasteiger partial charge in [-0.05, 0) is 30.6 Å². The highest BCUT2D eigenvalue weighted by Gasteiger charge is 2.63. The second-order valence-electron chi connectivity index (χ2n) is 10.0. The molecule has 8 heteroatoms. The fraction of sp³-hybridized carbons (Fsp3) is 0.682. The van der Waals surface area contributed by atoms with Gasteiger partial charge in [-0.2, -0.15) is 21.0 Å². The van der Waals surface area contributed by atoms with Crippen LogP contribution < -0.4 is 0 Å². The summed E-state index contributed by atoms with van der Waals surface area (Å²) in [5, 5.41) is 38.8. The molecule has 0 bridgehead atoms. The summed E-state index contributed by atoms with van der Waals surface area (Å²) in [6.07, 6.45) is -0.333. The number of amides is 1. The van der Waals surface area contributed by atoms with E-state index in [0.29, 0.717) is 12.1 Å². The summed E-state index contributed by atoms with van der Waals surface area (Å²) in [6, 6.07) is 8.15. The van der Waals surface area contributed by atoms with Crippen LogP contribution in [0.25, 0.3) is 0 Å². The first-order chi connectivity index (χ1) is 13.9. The van der Waals surface area contributed by atoms with E-state index in [1.165, 1.54) is 0 Å². The molecule has 2 heterocycles. The van der Waals surface area contributed by atoms with Crippen LogP contribution in [0.4, 0.5) is 0 Å². The Hall–Kier alpha value is -2.65. The van der Waals surface area contributed by atoms with Crippen molar-refractivity contribution in [2.24, 2.45) is 29.6 Å². The molecule has 1 amide bonds. The highest BCUT2D eigenvalue weighted by Crippen LogP contribution is 2.54. The van der Waals surface area contributed by atoms with Crippen LogP contribution in [0.1, 0.15) is 27.7 Å². The maximum Gasteiger partial charge on any atom is 0.231 e. The van der Waals surface area contributed by atoms with Crippen molar-refractivity contribution >= 4 is 14.2 Å². The van der Waals surface area contributed by atoms with Crippen LogP contribution in [-0.4, -0.2) is 37.8 Å². The molecule has 0 aromatic carbocycles. The first-order valence-electron chi connectivity index (χ1n) is 10.3. The predicted octanol–water partition coefficient (Wildman–Crippen LogP) is 3.11. The number of nitriles is 4. The van der Waals surface area contributed by atoms with Gasteiger partial charge in [-0.15, -0.1) is 0 Å². The number of carbonyl (C=O) groups is 1. The van der Waals surface area contributed by atoms with Gasteiger partial charge >= 0.3 is 0 Å². The van der Waals surface area contributed by atoms with E-state index in [0.717, 1.165) is 0 Å².